The van der Waals surface area contributed by atoms with Crippen LogP contribution in [0.1, 0.15) is 32.4 Å². The van der Waals surface area contributed by atoms with Gasteiger partial charge in [-0.2, -0.15) is 0 Å². The van der Waals surface area contributed by atoms with Gasteiger partial charge in [0.1, 0.15) is 5.82 Å². The van der Waals surface area contributed by atoms with Crippen molar-refractivity contribution in [2.75, 3.05) is 6.61 Å². The van der Waals surface area contributed by atoms with Gasteiger partial charge < -0.3 is 10.4 Å². The Bertz CT molecular complexity index is 370. The van der Waals surface area contributed by atoms with E-state index < -0.39 is 0 Å². The van der Waals surface area contributed by atoms with E-state index >= 15 is 0 Å². The third-order valence-electron chi connectivity index (χ3n) is 2.89. The van der Waals surface area contributed by atoms with Crippen LogP contribution in [-0.4, -0.2) is 17.8 Å². The Kier molecular flexibility index (Phi) is 5.56. The van der Waals surface area contributed by atoms with Gasteiger partial charge in [0.05, 0.1) is 6.61 Å². The van der Waals surface area contributed by atoms with Crippen molar-refractivity contribution in [2.45, 2.75) is 32.9 Å². The fraction of sp³-hybridized carbons (Fsp3) is 0.538. The number of halogens is 2. The molecule has 0 amide bonds. The number of hydrogen-bond donors (Lipinski definition) is 2. The third-order valence-corrected chi connectivity index (χ3v) is 3.38. The average Bonchev–Trinajstić information content (AvgIpc) is 2.28. The highest BCUT2D eigenvalue weighted by molar-refractivity contribution is 9.10. The molecule has 0 bridgehead atoms. The van der Waals surface area contributed by atoms with Gasteiger partial charge in [-0.25, -0.2) is 4.39 Å². The molecule has 0 spiro atoms. The van der Waals surface area contributed by atoms with Gasteiger partial charge in [-0.1, -0.05) is 29.8 Å². The number of aliphatic hydroxyl groups is 1. The first-order valence-electron chi connectivity index (χ1n) is 5.77. The van der Waals surface area contributed by atoms with Crippen LogP contribution in [0.25, 0.3) is 0 Å². The minimum atomic E-state index is -0.228. The number of rotatable bonds is 5. The monoisotopic (exact) mass is 303 g/mol. The second kappa shape index (κ2) is 6.47. The van der Waals surface area contributed by atoms with E-state index in [1.807, 2.05) is 20.8 Å². The lowest BCUT2D eigenvalue weighted by Gasteiger charge is -2.25. The van der Waals surface area contributed by atoms with E-state index in [4.69, 9.17) is 0 Å². The predicted octanol–water partition coefficient (Wildman–Crippen LogP) is 3.26. The Morgan fingerprint density at radius 2 is 2.00 bits per heavy atom. The van der Waals surface area contributed by atoms with Gasteiger partial charge in [-0.15, -0.1) is 0 Å². The predicted molar refractivity (Wildman–Crippen MR) is 71.4 cm³/mol. The molecule has 0 aliphatic carbocycles. The van der Waals surface area contributed by atoms with Crippen molar-refractivity contribution in [1.82, 2.24) is 5.32 Å². The minimum absolute atomic E-state index is 0.0246. The van der Waals surface area contributed by atoms with Crippen molar-refractivity contribution < 1.29 is 9.50 Å². The van der Waals surface area contributed by atoms with Crippen LogP contribution in [0.3, 0.4) is 0 Å². The summed E-state index contributed by atoms with van der Waals surface area (Å²) in [6.45, 7) is 6.00. The van der Waals surface area contributed by atoms with Gasteiger partial charge in [0.15, 0.2) is 0 Å². The van der Waals surface area contributed by atoms with Crippen LogP contribution in [0.4, 0.5) is 4.39 Å². The van der Waals surface area contributed by atoms with Crippen LogP contribution in [-0.2, 0) is 0 Å². The lowest BCUT2D eigenvalue weighted by atomic mass is 10.0. The molecule has 17 heavy (non-hydrogen) atoms. The molecule has 0 heterocycles. The third kappa shape index (κ3) is 4.05. The van der Waals surface area contributed by atoms with Crippen molar-refractivity contribution in [3.63, 3.8) is 0 Å². The largest absolute Gasteiger partial charge is 0.395 e. The maximum absolute atomic E-state index is 13.7. The Morgan fingerprint density at radius 1 is 1.35 bits per heavy atom. The van der Waals surface area contributed by atoms with Crippen molar-refractivity contribution in [3.8, 4) is 0 Å². The van der Waals surface area contributed by atoms with Crippen LogP contribution in [0, 0.1) is 11.7 Å². The molecule has 1 unspecified atom stereocenters. The highest BCUT2D eigenvalue weighted by Gasteiger charge is 2.18. The summed E-state index contributed by atoms with van der Waals surface area (Å²) in [6, 6.07) is 4.73. The first kappa shape index (κ1) is 14.6. The Labute approximate surface area is 110 Å². The van der Waals surface area contributed by atoms with Gasteiger partial charge in [0.2, 0.25) is 0 Å². The molecule has 2 N–H and O–H groups in total. The van der Waals surface area contributed by atoms with Crippen molar-refractivity contribution in [2.24, 2.45) is 5.92 Å². The lowest BCUT2D eigenvalue weighted by molar-refractivity contribution is 0.200. The molecule has 0 aliphatic rings. The molecule has 2 atom stereocenters. The van der Waals surface area contributed by atoms with Gasteiger partial charge in [-0.05, 0) is 31.0 Å². The normalized spacial score (nSPS) is 15.0. The molecule has 1 rings (SSSR count). The minimum Gasteiger partial charge on any atom is -0.395 e. The fourth-order valence-electron chi connectivity index (χ4n) is 1.71. The lowest BCUT2D eigenvalue weighted by Crippen LogP contribution is -2.38. The van der Waals surface area contributed by atoms with E-state index in [1.54, 1.807) is 12.1 Å². The van der Waals surface area contributed by atoms with Crippen molar-refractivity contribution >= 4 is 15.9 Å². The van der Waals surface area contributed by atoms with Crippen molar-refractivity contribution in [1.29, 1.82) is 0 Å². The molecule has 0 saturated heterocycles. The summed E-state index contributed by atoms with van der Waals surface area (Å²) in [6.07, 6.45) is 0. The van der Waals surface area contributed by atoms with E-state index in [9.17, 15) is 9.50 Å². The molecule has 0 aliphatic heterocycles. The molecule has 2 nitrogen and oxygen atoms in total. The van der Waals surface area contributed by atoms with Gasteiger partial charge in [0.25, 0.3) is 0 Å². The topological polar surface area (TPSA) is 32.3 Å². The van der Waals surface area contributed by atoms with Crippen molar-refractivity contribution in [3.05, 3.63) is 34.1 Å². The summed E-state index contributed by atoms with van der Waals surface area (Å²) in [4.78, 5) is 0. The zero-order valence-electron chi connectivity index (χ0n) is 10.4. The maximum Gasteiger partial charge on any atom is 0.128 e. The Hall–Kier alpha value is -0.450. The number of benzene rings is 1. The molecular formula is C13H19BrFNO. The molecule has 1 aromatic carbocycles. The van der Waals surface area contributed by atoms with Crippen LogP contribution in [0.5, 0.6) is 0 Å². The first-order chi connectivity index (χ1) is 7.95. The van der Waals surface area contributed by atoms with Crippen LogP contribution < -0.4 is 5.32 Å². The first-order valence-corrected chi connectivity index (χ1v) is 6.56. The smallest absolute Gasteiger partial charge is 0.128 e. The molecule has 0 radical (unpaired) electrons. The standard InChI is InChI=1S/C13H19BrFNO/c1-8(2)13(7-17)16-9(3)11-6-10(14)4-5-12(11)15/h4-6,8-9,13,16-17H,7H2,1-3H3/t9?,13-/m1/s1. The number of aliphatic hydroxyl groups excluding tert-OH is 1. The molecule has 0 fully saturated rings. The molecule has 4 heteroatoms. The van der Waals surface area contributed by atoms with Gasteiger partial charge in [-0.3, -0.25) is 0 Å². The summed E-state index contributed by atoms with van der Waals surface area (Å²) in [5, 5.41) is 12.5. The summed E-state index contributed by atoms with van der Waals surface area (Å²) in [5.41, 5.74) is 0.610. The Morgan fingerprint density at radius 3 is 2.53 bits per heavy atom. The average molecular weight is 304 g/mol. The molecule has 0 aromatic heterocycles. The van der Waals surface area contributed by atoms with Crippen LogP contribution in [0.15, 0.2) is 22.7 Å². The number of nitrogens with one attached hydrogen (secondary N) is 1. The molecular weight excluding hydrogens is 285 g/mol. The van der Waals surface area contributed by atoms with Crippen LogP contribution >= 0.6 is 15.9 Å². The van der Waals surface area contributed by atoms with E-state index in [2.05, 4.69) is 21.2 Å². The zero-order valence-corrected chi connectivity index (χ0v) is 12.0. The zero-order chi connectivity index (χ0) is 13.0. The highest BCUT2D eigenvalue weighted by Crippen LogP contribution is 2.22. The SMILES string of the molecule is CC(N[C@H](CO)C(C)C)c1cc(Br)ccc1F. The van der Waals surface area contributed by atoms with Gasteiger partial charge >= 0.3 is 0 Å². The fourth-order valence-corrected chi connectivity index (χ4v) is 2.09. The second-order valence-corrected chi connectivity index (χ2v) is 5.50. The molecule has 0 saturated carbocycles. The second-order valence-electron chi connectivity index (χ2n) is 4.59. The van der Waals surface area contributed by atoms with E-state index in [-0.39, 0.29) is 24.5 Å². The highest BCUT2D eigenvalue weighted by atomic mass is 79.9. The van der Waals surface area contributed by atoms with E-state index in [0.717, 1.165) is 4.47 Å². The van der Waals surface area contributed by atoms with Crippen LogP contribution in [0.2, 0.25) is 0 Å². The van der Waals surface area contributed by atoms with E-state index in [1.165, 1.54) is 6.07 Å². The quantitative estimate of drug-likeness (QED) is 0.875. The summed E-state index contributed by atoms with van der Waals surface area (Å²) >= 11 is 3.33. The van der Waals surface area contributed by atoms with Gasteiger partial charge in [0, 0.05) is 22.1 Å². The summed E-state index contributed by atoms with van der Waals surface area (Å²) < 4.78 is 14.5. The maximum atomic E-state index is 13.7. The molecule has 96 valence electrons. The van der Waals surface area contributed by atoms with E-state index in [0.29, 0.717) is 11.5 Å². The molecule has 1 aromatic rings. The summed E-state index contributed by atoms with van der Waals surface area (Å²) in [5.74, 6) is 0.0753. The summed E-state index contributed by atoms with van der Waals surface area (Å²) in [7, 11) is 0. The Balaban J connectivity index is 2.81. The number of hydrogen-bond acceptors (Lipinski definition) is 2.